The van der Waals surface area contributed by atoms with Crippen LogP contribution in [0, 0.1) is 0 Å². The molecule has 6 heteroatoms. The maximum Gasteiger partial charge on any atom is 0.341 e. The molecule has 0 aromatic heterocycles. The first-order chi connectivity index (χ1) is 11.9. The average Bonchev–Trinajstić information content (AvgIpc) is 2.59. The van der Waals surface area contributed by atoms with Crippen LogP contribution in [0.3, 0.4) is 0 Å². The minimum Gasteiger partial charge on any atom is -0.482 e. The molecule has 6 nitrogen and oxygen atoms in total. The molecule has 0 atom stereocenters. The highest BCUT2D eigenvalue weighted by atomic mass is 16.5. The Kier molecular flexibility index (Phi) is 6.54. The van der Waals surface area contributed by atoms with E-state index in [1.54, 1.807) is 24.3 Å². The van der Waals surface area contributed by atoms with Crippen LogP contribution < -0.4 is 10.1 Å². The molecule has 0 fully saturated rings. The Morgan fingerprint density at radius 2 is 1.88 bits per heavy atom. The second-order valence-corrected chi connectivity index (χ2v) is 5.72. The second-order valence-electron chi connectivity index (χ2n) is 5.72. The molecule has 132 valence electrons. The number of carboxylic acid groups (broad SMARTS) is 1. The van der Waals surface area contributed by atoms with Crippen molar-refractivity contribution in [1.82, 2.24) is 0 Å². The van der Waals surface area contributed by atoms with Crippen LogP contribution in [0.25, 0.3) is 0 Å². The summed E-state index contributed by atoms with van der Waals surface area (Å²) < 4.78 is 10.6. The molecule has 0 bridgehead atoms. The average molecular weight is 343 g/mol. The number of hydrogen-bond acceptors (Lipinski definition) is 4. The summed E-state index contributed by atoms with van der Waals surface area (Å²) in [6, 6.07) is 13.8. The minimum atomic E-state index is -1.07. The summed E-state index contributed by atoms with van der Waals surface area (Å²) in [6.45, 7) is 3.94. The van der Waals surface area contributed by atoms with Gasteiger partial charge in [-0.3, -0.25) is 4.79 Å². The van der Waals surface area contributed by atoms with Crippen LogP contribution in [0.1, 0.15) is 29.8 Å². The molecule has 0 heterocycles. The number of carbonyl (C=O) groups is 2. The van der Waals surface area contributed by atoms with E-state index in [0.29, 0.717) is 23.6 Å². The molecule has 0 spiro atoms. The molecule has 0 saturated carbocycles. The second kappa shape index (κ2) is 8.84. The number of aliphatic carboxylic acids is 1. The molecule has 1 amide bonds. The van der Waals surface area contributed by atoms with Crippen molar-refractivity contribution in [2.45, 2.75) is 26.6 Å². The van der Waals surface area contributed by atoms with Gasteiger partial charge in [-0.25, -0.2) is 4.79 Å². The zero-order chi connectivity index (χ0) is 18.2. The Balaban J connectivity index is 2.03. The van der Waals surface area contributed by atoms with Crippen molar-refractivity contribution in [3.63, 3.8) is 0 Å². The van der Waals surface area contributed by atoms with Crippen LogP contribution in [0.2, 0.25) is 0 Å². The van der Waals surface area contributed by atoms with Gasteiger partial charge in [-0.05, 0) is 49.7 Å². The Hall–Kier alpha value is -2.86. The molecule has 0 aliphatic carbocycles. The number of rotatable bonds is 8. The minimum absolute atomic E-state index is 0.131. The van der Waals surface area contributed by atoms with E-state index in [1.807, 2.05) is 32.0 Å². The summed E-state index contributed by atoms with van der Waals surface area (Å²) in [6.07, 6.45) is 0.131. The number of nitrogens with one attached hydrogen (secondary N) is 1. The Bertz CT molecular complexity index is 742. The van der Waals surface area contributed by atoms with Crippen LogP contribution in [0.5, 0.6) is 5.75 Å². The van der Waals surface area contributed by atoms with Crippen LogP contribution in [-0.2, 0) is 16.1 Å². The highest BCUT2D eigenvalue weighted by molar-refractivity contribution is 6.04. The van der Waals surface area contributed by atoms with Crippen LogP contribution in [-0.4, -0.2) is 29.7 Å². The summed E-state index contributed by atoms with van der Waals surface area (Å²) in [7, 11) is 0. The van der Waals surface area contributed by atoms with Crippen molar-refractivity contribution in [1.29, 1.82) is 0 Å². The Labute approximate surface area is 146 Å². The Morgan fingerprint density at radius 1 is 1.12 bits per heavy atom. The number of hydrogen-bond donors (Lipinski definition) is 2. The normalized spacial score (nSPS) is 10.5. The zero-order valence-electron chi connectivity index (χ0n) is 14.2. The molecule has 0 aliphatic heterocycles. The van der Waals surface area contributed by atoms with Gasteiger partial charge >= 0.3 is 5.97 Å². The Morgan fingerprint density at radius 3 is 2.60 bits per heavy atom. The van der Waals surface area contributed by atoms with Crippen molar-refractivity contribution in [2.75, 3.05) is 11.9 Å². The molecule has 0 saturated heterocycles. The van der Waals surface area contributed by atoms with Crippen LogP contribution in [0.15, 0.2) is 48.5 Å². The van der Waals surface area contributed by atoms with Gasteiger partial charge in [-0.1, -0.05) is 18.2 Å². The van der Waals surface area contributed by atoms with Gasteiger partial charge in [0.05, 0.1) is 12.7 Å². The van der Waals surface area contributed by atoms with Gasteiger partial charge in [0.2, 0.25) is 0 Å². The van der Waals surface area contributed by atoms with Gasteiger partial charge in [0, 0.05) is 11.3 Å². The zero-order valence-corrected chi connectivity index (χ0v) is 14.2. The molecule has 0 unspecified atom stereocenters. The number of carbonyl (C=O) groups excluding carboxylic acids is 1. The van der Waals surface area contributed by atoms with Crippen molar-refractivity contribution >= 4 is 17.6 Å². The van der Waals surface area contributed by atoms with E-state index in [1.165, 1.54) is 6.07 Å². The number of amides is 1. The van der Waals surface area contributed by atoms with Crippen molar-refractivity contribution in [2.24, 2.45) is 0 Å². The fraction of sp³-hybridized carbons (Fsp3) is 0.263. The van der Waals surface area contributed by atoms with E-state index in [4.69, 9.17) is 14.6 Å². The molecular weight excluding hydrogens is 322 g/mol. The SMILES string of the molecule is CC(C)OCc1cccc(NC(=O)c2cccc(OCC(=O)O)c2)c1. The monoisotopic (exact) mass is 343 g/mol. The van der Waals surface area contributed by atoms with E-state index < -0.39 is 12.6 Å². The number of benzene rings is 2. The summed E-state index contributed by atoms with van der Waals surface area (Å²) in [5.74, 6) is -1.05. The lowest BCUT2D eigenvalue weighted by atomic mass is 10.1. The molecule has 2 aromatic rings. The third-order valence-electron chi connectivity index (χ3n) is 3.23. The van der Waals surface area contributed by atoms with Gasteiger partial charge < -0.3 is 19.9 Å². The molecule has 0 aliphatic rings. The first-order valence-corrected chi connectivity index (χ1v) is 7.90. The van der Waals surface area contributed by atoms with Crippen molar-refractivity contribution in [3.05, 3.63) is 59.7 Å². The highest BCUT2D eigenvalue weighted by Gasteiger charge is 2.09. The fourth-order valence-corrected chi connectivity index (χ4v) is 2.08. The van der Waals surface area contributed by atoms with Crippen molar-refractivity contribution < 1.29 is 24.2 Å². The summed E-state index contributed by atoms with van der Waals surface area (Å²) in [4.78, 5) is 22.9. The van der Waals surface area contributed by atoms with Gasteiger partial charge in [-0.15, -0.1) is 0 Å². The quantitative estimate of drug-likeness (QED) is 0.768. The lowest BCUT2D eigenvalue weighted by molar-refractivity contribution is -0.139. The van der Waals surface area contributed by atoms with E-state index in [0.717, 1.165) is 5.56 Å². The summed E-state index contributed by atoms with van der Waals surface area (Å²) in [5, 5.41) is 11.4. The lowest BCUT2D eigenvalue weighted by Crippen LogP contribution is -2.13. The smallest absolute Gasteiger partial charge is 0.341 e. The first kappa shape index (κ1) is 18.5. The predicted molar refractivity (Wildman–Crippen MR) is 93.9 cm³/mol. The summed E-state index contributed by atoms with van der Waals surface area (Å²) >= 11 is 0. The predicted octanol–water partition coefficient (Wildman–Crippen LogP) is 3.33. The molecule has 25 heavy (non-hydrogen) atoms. The number of carboxylic acids is 1. The van der Waals surface area contributed by atoms with E-state index >= 15 is 0 Å². The third-order valence-corrected chi connectivity index (χ3v) is 3.23. The molecule has 0 radical (unpaired) electrons. The van der Waals surface area contributed by atoms with Gasteiger partial charge in [0.25, 0.3) is 5.91 Å². The van der Waals surface area contributed by atoms with E-state index in [2.05, 4.69) is 5.32 Å². The van der Waals surface area contributed by atoms with Gasteiger partial charge in [0.15, 0.2) is 6.61 Å². The van der Waals surface area contributed by atoms with E-state index in [9.17, 15) is 9.59 Å². The third kappa shape index (κ3) is 6.27. The first-order valence-electron chi connectivity index (χ1n) is 7.90. The van der Waals surface area contributed by atoms with Gasteiger partial charge in [0.1, 0.15) is 5.75 Å². The maximum absolute atomic E-state index is 12.4. The van der Waals surface area contributed by atoms with Crippen LogP contribution in [0.4, 0.5) is 5.69 Å². The summed E-state index contributed by atoms with van der Waals surface area (Å²) in [5.41, 5.74) is 2.00. The molecular formula is C19H21NO5. The maximum atomic E-state index is 12.4. The largest absolute Gasteiger partial charge is 0.482 e. The standard InChI is InChI=1S/C19H21NO5/c1-13(2)24-11-14-5-3-7-16(9-14)20-19(23)15-6-4-8-17(10-15)25-12-18(21)22/h3-10,13H,11-12H2,1-2H3,(H,20,23)(H,21,22). The van der Waals surface area contributed by atoms with E-state index in [-0.39, 0.29) is 12.0 Å². The molecule has 2 N–H and O–H groups in total. The fourth-order valence-electron chi connectivity index (χ4n) is 2.08. The molecule has 2 aromatic carbocycles. The van der Waals surface area contributed by atoms with Crippen LogP contribution >= 0.6 is 0 Å². The van der Waals surface area contributed by atoms with Crippen molar-refractivity contribution in [3.8, 4) is 5.75 Å². The number of ether oxygens (including phenoxy) is 2. The molecule has 2 rings (SSSR count). The van der Waals surface area contributed by atoms with Gasteiger partial charge in [-0.2, -0.15) is 0 Å². The number of anilines is 1. The lowest BCUT2D eigenvalue weighted by Gasteiger charge is -2.10. The topological polar surface area (TPSA) is 84.9 Å². The highest BCUT2D eigenvalue weighted by Crippen LogP contribution is 2.17.